The van der Waals surface area contributed by atoms with Crippen LogP contribution in [0.1, 0.15) is 50.0 Å². The summed E-state index contributed by atoms with van der Waals surface area (Å²) in [5.74, 6) is 0.992. The fraction of sp³-hybridized carbons (Fsp3) is 0.588. The first kappa shape index (κ1) is 12.9. The highest BCUT2D eigenvalue weighted by Crippen LogP contribution is 2.51. The first-order valence-electron chi connectivity index (χ1n) is 7.41. The van der Waals surface area contributed by atoms with Gasteiger partial charge in [0.25, 0.3) is 0 Å². The molecule has 1 aromatic carbocycles. The number of benzene rings is 1. The third-order valence-corrected chi connectivity index (χ3v) is 4.86. The Morgan fingerprint density at radius 1 is 1.16 bits per heavy atom. The van der Waals surface area contributed by atoms with Crippen LogP contribution >= 0.6 is 0 Å². The Balaban J connectivity index is 1.72. The van der Waals surface area contributed by atoms with E-state index >= 15 is 0 Å². The maximum Gasteiger partial charge on any atom is 0.168 e. The minimum atomic E-state index is -0.466. The van der Waals surface area contributed by atoms with Crippen LogP contribution in [0, 0.1) is 5.92 Å². The molecule has 0 aromatic heterocycles. The molecule has 0 saturated heterocycles. The van der Waals surface area contributed by atoms with Gasteiger partial charge in [0.15, 0.2) is 5.78 Å². The van der Waals surface area contributed by atoms with Crippen LogP contribution in [0.4, 0.5) is 0 Å². The molecule has 3 rings (SSSR count). The van der Waals surface area contributed by atoms with Crippen molar-refractivity contribution in [1.82, 2.24) is 0 Å². The lowest BCUT2D eigenvalue weighted by Gasteiger charge is -2.34. The molecule has 102 valence electrons. The Kier molecular flexibility index (Phi) is 3.44. The highest BCUT2D eigenvalue weighted by Gasteiger charge is 2.52. The summed E-state index contributed by atoms with van der Waals surface area (Å²) in [7, 11) is 1.71. The first-order chi connectivity index (χ1) is 9.27. The molecule has 0 aliphatic heterocycles. The summed E-state index contributed by atoms with van der Waals surface area (Å²) in [5.41, 5.74) is 0.842. The standard InChI is InChI=1S/C17H22O2/c1-19-17(10-6-3-7-11-17)16(18)15-12-14(15)13-8-4-2-5-9-13/h2,4-5,8-9,14-15H,3,6-7,10-12H2,1H3. The number of rotatable bonds is 4. The Morgan fingerprint density at radius 2 is 1.84 bits per heavy atom. The molecule has 2 saturated carbocycles. The van der Waals surface area contributed by atoms with Gasteiger partial charge < -0.3 is 4.74 Å². The second-order valence-corrected chi connectivity index (χ2v) is 5.98. The summed E-state index contributed by atoms with van der Waals surface area (Å²) >= 11 is 0. The lowest BCUT2D eigenvalue weighted by atomic mass is 9.79. The van der Waals surface area contributed by atoms with Gasteiger partial charge >= 0.3 is 0 Å². The van der Waals surface area contributed by atoms with Gasteiger partial charge in [0, 0.05) is 13.0 Å². The summed E-state index contributed by atoms with van der Waals surface area (Å²) in [6, 6.07) is 10.4. The number of methoxy groups -OCH3 is 1. The summed E-state index contributed by atoms with van der Waals surface area (Å²) in [6.07, 6.45) is 6.34. The third kappa shape index (κ3) is 2.34. The van der Waals surface area contributed by atoms with Gasteiger partial charge in [-0.2, -0.15) is 0 Å². The highest BCUT2D eigenvalue weighted by atomic mass is 16.5. The van der Waals surface area contributed by atoms with Gasteiger partial charge in [0.2, 0.25) is 0 Å². The molecule has 0 amide bonds. The van der Waals surface area contributed by atoms with E-state index in [0.29, 0.717) is 11.7 Å². The minimum Gasteiger partial charge on any atom is -0.370 e. The monoisotopic (exact) mass is 258 g/mol. The Hall–Kier alpha value is -1.15. The molecule has 2 atom stereocenters. The van der Waals surface area contributed by atoms with Gasteiger partial charge in [0.1, 0.15) is 5.60 Å². The number of ketones is 1. The number of Topliss-reactive ketones (excluding diaryl/α,β-unsaturated/α-hetero) is 1. The number of hydrogen-bond acceptors (Lipinski definition) is 2. The van der Waals surface area contributed by atoms with Crippen LogP contribution < -0.4 is 0 Å². The molecular weight excluding hydrogens is 236 g/mol. The van der Waals surface area contributed by atoms with Gasteiger partial charge in [0.05, 0.1) is 0 Å². The molecule has 0 spiro atoms. The lowest BCUT2D eigenvalue weighted by molar-refractivity contribution is -0.146. The van der Waals surface area contributed by atoms with Gasteiger partial charge in [-0.3, -0.25) is 4.79 Å². The van der Waals surface area contributed by atoms with E-state index in [1.807, 2.05) is 6.07 Å². The van der Waals surface area contributed by atoms with Crippen molar-refractivity contribution < 1.29 is 9.53 Å². The number of carbonyl (C=O) groups excluding carboxylic acids is 1. The molecule has 2 nitrogen and oxygen atoms in total. The number of carbonyl (C=O) groups is 1. The van der Waals surface area contributed by atoms with E-state index in [0.717, 1.165) is 32.1 Å². The maximum atomic E-state index is 12.8. The largest absolute Gasteiger partial charge is 0.370 e. The Bertz CT molecular complexity index is 446. The molecule has 2 fully saturated rings. The van der Waals surface area contributed by atoms with Crippen LogP contribution in [-0.4, -0.2) is 18.5 Å². The molecule has 2 unspecified atom stereocenters. The van der Waals surface area contributed by atoms with Crippen molar-refractivity contribution in [3.05, 3.63) is 35.9 Å². The van der Waals surface area contributed by atoms with Crippen LogP contribution in [0.3, 0.4) is 0 Å². The van der Waals surface area contributed by atoms with Crippen LogP contribution in [0.2, 0.25) is 0 Å². The van der Waals surface area contributed by atoms with E-state index in [-0.39, 0.29) is 5.92 Å². The van der Waals surface area contributed by atoms with Crippen molar-refractivity contribution >= 4 is 5.78 Å². The maximum absolute atomic E-state index is 12.8. The second-order valence-electron chi connectivity index (χ2n) is 5.98. The molecule has 19 heavy (non-hydrogen) atoms. The molecule has 0 heterocycles. The molecule has 0 bridgehead atoms. The van der Waals surface area contributed by atoms with E-state index in [1.165, 1.54) is 12.0 Å². The van der Waals surface area contributed by atoms with Gasteiger partial charge in [-0.15, -0.1) is 0 Å². The average molecular weight is 258 g/mol. The highest BCUT2D eigenvalue weighted by molar-refractivity contribution is 5.92. The normalized spacial score (nSPS) is 28.9. The van der Waals surface area contributed by atoms with Crippen LogP contribution in [-0.2, 0) is 9.53 Å². The molecule has 2 heteroatoms. The zero-order valence-corrected chi connectivity index (χ0v) is 11.6. The molecule has 1 aromatic rings. The Labute approximate surface area is 115 Å². The quantitative estimate of drug-likeness (QED) is 0.823. The summed E-state index contributed by atoms with van der Waals surface area (Å²) in [5, 5.41) is 0. The minimum absolute atomic E-state index is 0.195. The van der Waals surface area contributed by atoms with E-state index < -0.39 is 5.60 Å². The van der Waals surface area contributed by atoms with Crippen molar-refractivity contribution in [2.45, 2.75) is 50.0 Å². The molecular formula is C17H22O2. The topological polar surface area (TPSA) is 26.3 Å². The molecule has 0 radical (unpaired) electrons. The van der Waals surface area contributed by atoms with Crippen LogP contribution in [0.15, 0.2) is 30.3 Å². The SMILES string of the molecule is COC1(C(=O)C2CC2c2ccccc2)CCCCC1. The van der Waals surface area contributed by atoms with Crippen molar-refractivity contribution in [3.63, 3.8) is 0 Å². The smallest absolute Gasteiger partial charge is 0.168 e. The lowest BCUT2D eigenvalue weighted by Crippen LogP contribution is -2.43. The van der Waals surface area contributed by atoms with Crippen molar-refractivity contribution in [1.29, 1.82) is 0 Å². The predicted octanol–water partition coefficient (Wildman–Crippen LogP) is 3.71. The van der Waals surface area contributed by atoms with Crippen molar-refractivity contribution in [3.8, 4) is 0 Å². The summed E-state index contributed by atoms with van der Waals surface area (Å²) < 4.78 is 5.68. The Morgan fingerprint density at radius 3 is 2.47 bits per heavy atom. The van der Waals surface area contributed by atoms with Crippen molar-refractivity contribution in [2.24, 2.45) is 5.92 Å². The van der Waals surface area contributed by atoms with Crippen LogP contribution in [0.5, 0.6) is 0 Å². The molecule has 2 aliphatic rings. The van der Waals surface area contributed by atoms with E-state index in [4.69, 9.17) is 4.74 Å². The van der Waals surface area contributed by atoms with E-state index in [2.05, 4.69) is 24.3 Å². The summed E-state index contributed by atoms with van der Waals surface area (Å²) in [6.45, 7) is 0. The summed E-state index contributed by atoms with van der Waals surface area (Å²) in [4.78, 5) is 12.8. The number of ether oxygens (including phenoxy) is 1. The average Bonchev–Trinajstić information content (AvgIpc) is 3.28. The molecule has 0 N–H and O–H groups in total. The van der Waals surface area contributed by atoms with E-state index in [1.54, 1.807) is 7.11 Å². The zero-order chi connectivity index (χ0) is 13.3. The zero-order valence-electron chi connectivity index (χ0n) is 11.6. The fourth-order valence-electron chi connectivity index (χ4n) is 3.57. The first-order valence-corrected chi connectivity index (χ1v) is 7.41. The predicted molar refractivity (Wildman–Crippen MR) is 75.1 cm³/mol. The molecule has 2 aliphatic carbocycles. The van der Waals surface area contributed by atoms with Crippen molar-refractivity contribution in [2.75, 3.05) is 7.11 Å². The number of hydrogen-bond donors (Lipinski definition) is 0. The second kappa shape index (κ2) is 5.09. The van der Waals surface area contributed by atoms with Gasteiger partial charge in [-0.1, -0.05) is 49.6 Å². The van der Waals surface area contributed by atoms with Gasteiger partial charge in [-0.25, -0.2) is 0 Å². The van der Waals surface area contributed by atoms with Gasteiger partial charge in [-0.05, 0) is 30.7 Å². The van der Waals surface area contributed by atoms with Crippen LogP contribution in [0.25, 0.3) is 0 Å². The van der Waals surface area contributed by atoms with E-state index in [9.17, 15) is 4.79 Å². The third-order valence-electron chi connectivity index (χ3n) is 4.86. The fourth-order valence-corrected chi connectivity index (χ4v) is 3.57.